The van der Waals surface area contributed by atoms with E-state index in [2.05, 4.69) is 0 Å². The van der Waals surface area contributed by atoms with Crippen molar-refractivity contribution in [2.45, 2.75) is 132 Å². The van der Waals surface area contributed by atoms with Gasteiger partial charge >= 0.3 is 24.0 Å². The molecule has 1 heterocycles. The number of nitrogens with zero attached hydrogens (tertiary/aromatic N) is 1. The summed E-state index contributed by atoms with van der Waals surface area (Å²) in [6.45, 7) is 25.0. The molecular formula is C32H53NO8. The fraction of sp³-hybridized carbons (Fsp3) is 0.750. The van der Waals surface area contributed by atoms with Gasteiger partial charge in [0.2, 0.25) is 0 Å². The van der Waals surface area contributed by atoms with Crippen LogP contribution in [0.3, 0.4) is 0 Å². The lowest BCUT2D eigenvalue weighted by Gasteiger charge is -2.31. The van der Waals surface area contributed by atoms with Crippen LogP contribution < -0.4 is 0 Å². The summed E-state index contributed by atoms with van der Waals surface area (Å²) < 4.78 is 22.4. The Kier molecular flexibility index (Phi) is 11.8. The molecule has 0 saturated carbocycles. The van der Waals surface area contributed by atoms with Crippen LogP contribution >= 0.6 is 0 Å². The van der Waals surface area contributed by atoms with E-state index in [0.717, 1.165) is 5.57 Å². The van der Waals surface area contributed by atoms with E-state index in [1.54, 1.807) is 81.4 Å². The van der Waals surface area contributed by atoms with Crippen LogP contribution in [0, 0.1) is 17.8 Å². The van der Waals surface area contributed by atoms with Crippen molar-refractivity contribution in [3.63, 3.8) is 0 Å². The molecule has 9 heteroatoms. The zero-order chi connectivity index (χ0) is 32.1. The number of ether oxygens (including phenoxy) is 4. The first-order chi connectivity index (χ1) is 18.3. The van der Waals surface area contributed by atoms with E-state index in [0.29, 0.717) is 0 Å². The van der Waals surface area contributed by atoms with Crippen molar-refractivity contribution in [2.24, 2.45) is 17.8 Å². The summed E-state index contributed by atoms with van der Waals surface area (Å²) in [5.74, 6) is -2.92. The van der Waals surface area contributed by atoms with E-state index in [1.165, 1.54) is 4.90 Å². The number of rotatable bonds is 7. The molecule has 234 valence electrons. The maximum absolute atomic E-state index is 13.6. The van der Waals surface area contributed by atoms with Crippen molar-refractivity contribution in [3.05, 3.63) is 23.8 Å². The normalized spacial score (nSPS) is 21.5. The van der Waals surface area contributed by atoms with Gasteiger partial charge in [-0.3, -0.25) is 14.5 Å². The lowest BCUT2D eigenvalue weighted by atomic mass is 9.83. The highest BCUT2D eigenvalue weighted by Crippen LogP contribution is 2.39. The molecule has 41 heavy (non-hydrogen) atoms. The summed E-state index contributed by atoms with van der Waals surface area (Å²) >= 11 is 0. The summed E-state index contributed by atoms with van der Waals surface area (Å²) in [6, 6.07) is -1.06. The highest BCUT2D eigenvalue weighted by Gasteiger charge is 2.51. The van der Waals surface area contributed by atoms with E-state index >= 15 is 0 Å². The Hall–Kier alpha value is -2.84. The number of hydrogen-bond acceptors (Lipinski definition) is 8. The van der Waals surface area contributed by atoms with Gasteiger partial charge in [-0.1, -0.05) is 23.8 Å². The highest BCUT2D eigenvalue weighted by atomic mass is 16.6. The lowest BCUT2D eigenvalue weighted by molar-refractivity contribution is -0.163. The van der Waals surface area contributed by atoms with Crippen LogP contribution in [0.1, 0.15) is 103 Å². The molecule has 1 saturated heterocycles. The first-order valence-corrected chi connectivity index (χ1v) is 14.3. The Morgan fingerprint density at radius 2 is 1.27 bits per heavy atom. The number of carbonyl (C=O) groups is 4. The van der Waals surface area contributed by atoms with Crippen LogP contribution in [0.4, 0.5) is 4.79 Å². The maximum Gasteiger partial charge on any atom is 0.411 e. The van der Waals surface area contributed by atoms with Crippen molar-refractivity contribution >= 4 is 24.0 Å². The van der Waals surface area contributed by atoms with Gasteiger partial charge in [-0.15, -0.1) is 0 Å². The van der Waals surface area contributed by atoms with Crippen LogP contribution in [-0.4, -0.2) is 63.9 Å². The molecule has 0 aromatic heterocycles. The van der Waals surface area contributed by atoms with E-state index in [9.17, 15) is 19.2 Å². The second-order valence-electron chi connectivity index (χ2n) is 14.8. The standard InChI is InChI=1S/C32H53NO8/c1-20(16-15-17-21(2)26(35)39-30(6,7)8)23-19-33(28(37)41-32(12,13)14)25(27(36)40-31(9,10)11)22(23)18-24(34)38-29(3,4)5/h15-17,21-23,25H,18-19H2,1-14H3/b17-15-,20-16+/t21-,22+,23-,25+/m1/s1. The summed E-state index contributed by atoms with van der Waals surface area (Å²) in [4.78, 5) is 53.7. The van der Waals surface area contributed by atoms with Crippen molar-refractivity contribution in [1.82, 2.24) is 4.90 Å². The molecule has 0 aromatic rings. The molecular weight excluding hydrogens is 526 g/mol. The molecule has 0 aliphatic carbocycles. The third-order valence-corrected chi connectivity index (χ3v) is 5.87. The lowest BCUT2D eigenvalue weighted by Crippen LogP contribution is -2.48. The molecule has 0 aromatic carbocycles. The fourth-order valence-corrected chi connectivity index (χ4v) is 4.37. The average Bonchev–Trinajstić information content (AvgIpc) is 3.07. The van der Waals surface area contributed by atoms with Gasteiger partial charge in [0.1, 0.15) is 28.4 Å². The van der Waals surface area contributed by atoms with E-state index < -0.39 is 58.3 Å². The third kappa shape index (κ3) is 13.1. The fourth-order valence-electron chi connectivity index (χ4n) is 4.37. The van der Waals surface area contributed by atoms with Gasteiger partial charge in [0, 0.05) is 18.4 Å². The van der Waals surface area contributed by atoms with Crippen molar-refractivity contribution in [3.8, 4) is 0 Å². The molecule has 1 amide bonds. The molecule has 1 aliphatic heterocycles. The maximum atomic E-state index is 13.6. The SMILES string of the molecule is C/C(=C\C=C/[C@@H](C)C(=O)OC(C)(C)C)[C@H]1CN(C(=O)OC(C)(C)C)[C@H](C(=O)OC(C)(C)C)[C@H]1CC(=O)OC(C)(C)C. The molecule has 4 atom stereocenters. The van der Waals surface area contributed by atoms with Gasteiger partial charge in [0.05, 0.1) is 12.3 Å². The molecule has 9 nitrogen and oxygen atoms in total. The number of hydrogen-bond donors (Lipinski definition) is 0. The Bertz CT molecular complexity index is 1010. The van der Waals surface area contributed by atoms with Crippen LogP contribution in [-0.2, 0) is 33.3 Å². The van der Waals surface area contributed by atoms with Gasteiger partial charge in [-0.25, -0.2) is 9.59 Å². The predicted octanol–water partition coefficient (Wildman–Crippen LogP) is 6.39. The van der Waals surface area contributed by atoms with Crippen LogP contribution in [0.2, 0.25) is 0 Å². The minimum Gasteiger partial charge on any atom is -0.460 e. The summed E-state index contributed by atoms with van der Waals surface area (Å²) in [6.07, 6.45) is 4.55. The van der Waals surface area contributed by atoms with E-state index in [1.807, 2.05) is 33.8 Å². The van der Waals surface area contributed by atoms with Crippen molar-refractivity contribution in [1.29, 1.82) is 0 Å². The zero-order valence-corrected chi connectivity index (χ0v) is 27.7. The Morgan fingerprint density at radius 1 is 0.780 bits per heavy atom. The molecule has 1 rings (SSSR count). The van der Waals surface area contributed by atoms with Crippen LogP contribution in [0.25, 0.3) is 0 Å². The number of amides is 1. The number of allylic oxidation sites excluding steroid dienone is 2. The minimum atomic E-state index is -1.06. The van der Waals surface area contributed by atoms with Crippen molar-refractivity contribution in [2.75, 3.05) is 6.54 Å². The number of carbonyl (C=O) groups excluding carboxylic acids is 4. The van der Waals surface area contributed by atoms with Crippen molar-refractivity contribution < 1.29 is 38.1 Å². The summed E-state index contributed by atoms with van der Waals surface area (Å²) in [5, 5.41) is 0. The van der Waals surface area contributed by atoms with Crippen LogP contribution in [0.5, 0.6) is 0 Å². The molecule has 1 fully saturated rings. The molecule has 0 unspecified atom stereocenters. The number of likely N-dealkylation sites (tertiary alicyclic amines) is 1. The first kappa shape index (κ1) is 36.2. The minimum absolute atomic E-state index is 0.103. The number of esters is 3. The van der Waals surface area contributed by atoms with Gasteiger partial charge in [0.15, 0.2) is 0 Å². The van der Waals surface area contributed by atoms with Gasteiger partial charge < -0.3 is 18.9 Å². The monoisotopic (exact) mass is 579 g/mol. The van der Waals surface area contributed by atoms with Crippen LogP contribution in [0.15, 0.2) is 23.8 Å². The summed E-state index contributed by atoms with van der Waals surface area (Å²) in [7, 11) is 0. The molecule has 0 spiro atoms. The smallest absolute Gasteiger partial charge is 0.411 e. The second kappa shape index (κ2) is 13.4. The summed E-state index contributed by atoms with van der Waals surface area (Å²) in [5.41, 5.74) is -2.09. The average molecular weight is 580 g/mol. The Balaban J connectivity index is 3.49. The molecule has 1 aliphatic rings. The Labute approximate surface area is 247 Å². The first-order valence-electron chi connectivity index (χ1n) is 14.3. The molecule has 0 radical (unpaired) electrons. The van der Waals surface area contributed by atoms with Gasteiger partial charge in [0.25, 0.3) is 0 Å². The van der Waals surface area contributed by atoms with Gasteiger partial charge in [-0.2, -0.15) is 0 Å². The van der Waals surface area contributed by atoms with Gasteiger partial charge in [-0.05, 0) is 96.9 Å². The quantitative estimate of drug-likeness (QED) is 0.194. The topological polar surface area (TPSA) is 108 Å². The largest absolute Gasteiger partial charge is 0.460 e. The van der Waals surface area contributed by atoms with E-state index in [4.69, 9.17) is 18.9 Å². The Morgan fingerprint density at radius 3 is 1.73 bits per heavy atom. The zero-order valence-electron chi connectivity index (χ0n) is 27.7. The second-order valence-corrected chi connectivity index (χ2v) is 14.8. The predicted molar refractivity (Wildman–Crippen MR) is 158 cm³/mol. The van der Waals surface area contributed by atoms with E-state index in [-0.39, 0.29) is 24.9 Å². The third-order valence-electron chi connectivity index (χ3n) is 5.87. The molecule has 0 N–H and O–H groups in total. The highest BCUT2D eigenvalue weighted by molar-refractivity contribution is 5.84. The molecule has 0 bridgehead atoms.